The third kappa shape index (κ3) is 12.2. The Kier molecular flexibility index (Phi) is 18.1. The fourth-order valence-electron chi connectivity index (χ4n) is 14.1. The molecular formula is C63H88N2O14. The molecule has 10 rings (SSSR count). The van der Waals surface area contributed by atoms with Crippen molar-refractivity contribution in [2.45, 2.75) is 224 Å². The van der Waals surface area contributed by atoms with Crippen LogP contribution in [-0.2, 0) is 47.5 Å². The van der Waals surface area contributed by atoms with Crippen molar-refractivity contribution >= 4 is 23.4 Å². The molecule has 4 N–H and O–H groups in total. The first-order valence-electron chi connectivity index (χ1n) is 29.3. The van der Waals surface area contributed by atoms with Crippen LogP contribution in [0.5, 0.6) is 0 Å². The molecule has 4 bridgehead atoms. The molecule has 0 saturated carbocycles. The maximum Gasteiger partial charge on any atom is 0.316 e. The fourth-order valence-corrected chi connectivity index (χ4v) is 14.1. The van der Waals surface area contributed by atoms with E-state index in [0.29, 0.717) is 66.2 Å². The van der Waals surface area contributed by atoms with E-state index in [4.69, 9.17) is 37.9 Å². The maximum atomic E-state index is 13.9. The summed E-state index contributed by atoms with van der Waals surface area (Å²) in [6, 6.07) is 0. The van der Waals surface area contributed by atoms with Crippen molar-refractivity contribution in [3.05, 3.63) is 94.2 Å². The number of hydrogen-bond donors (Lipinski definition) is 4. The van der Waals surface area contributed by atoms with Crippen molar-refractivity contribution in [2.24, 2.45) is 45.8 Å². The second kappa shape index (κ2) is 24.1. The second-order valence-electron chi connectivity index (χ2n) is 25.0. The van der Waals surface area contributed by atoms with Gasteiger partial charge in [0.15, 0.2) is 11.6 Å². The first-order chi connectivity index (χ1) is 37.6. The molecule has 0 aromatic rings. The number of rotatable bonds is 1. The molecule has 2 aliphatic carbocycles. The summed E-state index contributed by atoms with van der Waals surface area (Å²) in [4.78, 5) is 27.8. The summed E-state index contributed by atoms with van der Waals surface area (Å²) < 4.78 is 50.8. The Hall–Kier alpha value is -4.52. The van der Waals surface area contributed by atoms with Crippen LogP contribution in [0, 0.1) is 35.5 Å². The average Bonchev–Trinajstić information content (AvgIpc) is 4.00. The van der Waals surface area contributed by atoms with E-state index in [1.807, 2.05) is 24.3 Å². The van der Waals surface area contributed by atoms with Gasteiger partial charge in [-0.05, 0) is 126 Å². The highest BCUT2D eigenvalue weighted by atomic mass is 16.7. The van der Waals surface area contributed by atoms with Gasteiger partial charge in [0.05, 0.1) is 37.6 Å². The van der Waals surface area contributed by atoms with Gasteiger partial charge in [-0.1, -0.05) is 117 Å². The Bertz CT molecular complexity index is 2610. The molecule has 8 heterocycles. The minimum absolute atomic E-state index is 0.0431. The van der Waals surface area contributed by atoms with Crippen molar-refractivity contribution in [1.82, 2.24) is 0 Å². The van der Waals surface area contributed by atoms with Crippen molar-refractivity contribution < 1.29 is 68.1 Å². The molecule has 16 heteroatoms. The van der Waals surface area contributed by atoms with Gasteiger partial charge in [0.1, 0.15) is 58.9 Å². The fraction of sp³-hybridized carbons (Fsp3) is 0.683. The zero-order valence-electron chi connectivity index (χ0n) is 48.2. The molecule has 0 amide bonds. The Morgan fingerprint density at radius 1 is 0.608 bits per heavy atom. The highest BCUT2D eigenvalue weighted by Crippen LogP contribution is 2.49. The quantitative estimate of drug-likeness (QED) is 0.0833. The predicted molar refractivity (Wildman–Crippen MR) is 297 cm³/mol. The van der Waals surface area contributed by atoms with Gasteiger partial charge in [-0.3, -0.25) is 9.59 Å². The van der Waals surface area contributed by atoms with Gasteiger partial charge in [-0.15, -0.1) is 0 Å². The average molecular weight is 1100 g/mol. The van der Waals surface area contributed by atoms with E-state index in [1.165, 1.54) is 11.1 Å². The Morgan fingerprint density at radius 3 is 1.48 bits per heavy atom. The number of aliphatic hydroxyl groups is 2. The van der Waals surface area contributed by atoms with E-state index in [0.717, 1.165) is 51.4 Å². The number of carbonyl (C=O) groups excluding carboxylic acids is 2. The molecule has 0 aromatic heterocycles. The number of hydrogen-bond acceptors (Lipinski definition) is 16. The first-order valence-corrected chi connectivity index (χ1v) is 29.3. The van der Waals surface area contributed by atoms with Crippen LogP contribution < -0.4 is 0 Å². The van der Waals surface area contributed by atoms with Crippen molar-refractivity contribution in [2.75, 3.05) is 13.2 Å². The van der Waals surface area contributed by atoms with E-state index in [-0.39, 0.29) is 60.9 Å². The minimum atomic E-state index is -1.72. The molecule has 2 spiro atoms. The molecule has 434 valence electrons. The van der Waals surface area contributed by atoms with E-state index >= 15 is 0 Å². The summed E-state index contributed by atoms with van der Waals surface area (Å²) in [5, 5.41) is 50.5. The van der Waals surface area contributed by atoms with E-state index in [2.05, 4.69) is 90.0 Å². The largest absolute Gasteiger partial charge is 0.462 e. The van der Waals surface area contributed by atoms with Gasteiger partial charge in [0, 0.05) is 38.5 Å². The molecule has 79 heavy (non-hydrogen) atoms. The van der Waals surface area contributed by atoms with Crippen LogP contribution in [0.3, 0.4) is 0 Å². The number of esters is 2. The molecule has 18 unspecified atom stereocenters. The molecule has 10 aliphatic rings. The van der Waals surface area contributed by atoms with Crippen LogP contribution in [0.4, 0.5) is 0 Å². The molecule has 6 saturated heterocycles. The third-order valence-electron chi connectivity index (χ3n) is 18.7. The highest BCUT2D eigenvalue weighted by molar-refractivity contribution is 6.07. The summed E-state index contributed by atoms with van der Waals surface area (Å²) in [6.45, 7) is 21.0. The summed E-state index contributed by atoms with van der Waals surface area (Å²) in [6.07, 6.45) is 26.1. The minimum Gasteiger partial charge on any atom is -0.462 e. The van der Waals surface area contributed by atoms with Gasteiger partial charge in [-0.25, -0.2) is 0 Å². The van der Waals surface area contributed by atoms with Crippen molar-refractivity contribution in [3.63, 3.8) is 0 Å². The number of ether oxygens (including phenoxy) is 8. The monoisotopic (exact) mass is 1100 g/mol. The number of fused-ring (bicyclic) bond motifs is 4. The van der Waals surface area contributed by atoms with Gasteiger partial charge in [-0.2, -0.15) is 0 Å². The molecule has 0 radical (unpaired) electrons. The predicted octanol–water partition coefficient (Wildman–Crippen LogP) is 10.4. The molecule has 6 fully saturated rings. The van der Waals surface area contributed by atoms with Gasteiger partial charge >= 0.3 is 11.9 Å². The van der Waals surface area contributed by atoms with Gasteiger partial charge in [0.25, 0.3) is 0 Å². The van der Waals surface area contributed by atoms with Crippen LogP contribution in [0.2, 0.25) is 0 Å². The van der Waals surface area contributed by atoms with Crippen molar-refractivity contribution in [1.29, 1.82) is 0 Å². The summed E-state index contributed by atoms with van der Waals surface area (Å²) in [7, 11) is 0. The zero-order chi connectivity index (χ0) is 56.6. The SMILES string of the molecule is CC1=CC2C(=O)OC3CC(C/C=C(\C)CC(C)/C=C/C=C4\COC(/C1=N\O)C42O)OC1(CCC(C)C(C)O1)C3.CCC1OC2(CCC1C)CC1CC(C/C=C(\C)CC(C)/C=C/C=C3\COC4/C(=N\O)C(C)=CC(C(=O)O1)C34O)O2. The standard InChI is InChI=1S/C32H45NO7.C31H43NO7/c1-6-27-21(4)12-13-31(40-27)17-25-16-24(39-31)11-10-20(3)14-19(2)8-7-9-23-18-37-29-28(33-36)22(5)15-26(30(34)38-25)32(23,29)35;1-18-7-6-8-23-17-36-28-27(32-35)21(4)14-26(31(23,28)34)29(33)37-25-15-24(10-9-19(2)13-18)39-30(16-25)12-11-20(3)22(5)38-30/h7-10,15,19,21,24-27,29,35-36H,6,11-14,16-18H2,1-5H3;6-9,14,18,20,22,24-26,28,34-35H,10-13,15-17H2,1-5H3/b8-7+,20-10+,23-9+,33-28-;7-6+,19-9+,23-8+,32-27-. The van der Waals surface area contributed by atoms with Crippen molar-refractivity contribution in [3.8, 4) is 0 Å². The summed E-state index contributed by atoms with van der Waals surface area (Å²) in [5.41, 5.74) is 1.84. The summed E-state index contributed by atoms with van der Waals surface area (Å²) >= 11 is 0. The smallest absolute Gasteiger partial charge is 0.316 e. The Labute approximate surface area is 467 Å². The molecule has 16 nitrogen and oxygen atoms in total. The van der Waals surface area contributed by atoms with Crippen LogP contribution in [0.1, 0.15) is 153 Å². The van der Waals surface area contributed by atoms with Gasteiger partial charge < -0.3 is 58.5 Å². The van der Waals surface area contributed by atoms with E-state index < -0.39 is 71.0 Å². The van der Waals surface area contributed by atoms with E-state index in [1.54, 1.807) is 26.0 Å². The third-order valence-corrected chi connectivity index (χ3v) is 18.7. The lowest BCUT2D eigenvalue weighted by molar-refractivity contribution is -0.335. The number of carbonyl (C=O) groups is 2. The Balaban J connectivity index is 0.000000192. The van der Waals surface area contributed by atoms with Crippen LogP contribution >= 0.6 is 0 Å². The number of nitrogens with zero attached hydrogens (tertiary/aromatic N) is 2. The van der Waals surface area contributed by atoms with Crippen LogP contribution in [0.15, 0.2) is 105 Å². The number of allylic oxidation sites excluding steroid dienone is 8. The molecule has 8 aliphatic heterocycles. The lowest BCUT2D eigenvalue weighted by atomic mass is 9.71. The summed E-state index contributed by atoms with van der Waals surface area (Å²) in [5.74, 6) is -3.22. The number of oxime groups is 2. The lowest BCUT2D eigenvalue weighted by Crippen LogP contribution is -2.57. The van der Waals surface area contributed by atoms with Crippen LogP contribution in [-0.4, -0.2) is 129 Å². The maximum absolute atomic E-state index is 13.9. The molecular weight excluding hydrogens is 1010 g/mol. The van der Waals surface area contributed by atoms with E-state index in [9.17, 15) is 30.2 Å². The molecule has 0 aromatic carbocycles. The van der Waals surface area contributed by atoms with Crippen LogP contribution in [0.25, 0.3) is 0 Å². The first kappa shape index (κ1) is 59.1. The topological polar surface area (TPSA) is 214 Å². The highest BCUT2D eigenvalue weighted by Gasteiger charge is 2.61. The normalized spacial score (nSPS) is 47.4. The second-order valence-corrected chi connectivity index (χ2v) is 25.0. The van der Waals surface area contributed by atoms with Gasteiger partial charge in [0.2, 0.25) is 0 Å². The zero-order valence-corrected chi connectivity index (χ0v) is 48.2. The molecule has 18 atom stereocenters. The lowest BCUT2D eigenvalue weighted by Gasteiger charge is -2.49. The Morgan fingerprint density at radius 2 is 1.05 bits per heavy atom.